The zero-order valence-electron chi connectivity index (χ0n) is 8.63. The second-order valence-corrected chi connectivity index (χ2v) is 5.60. The van der Waals surface area contributed by atoms with Gasteiger partial charge >= 0.3 is 0 Å². The molecule has 1 aromatic rings. The minimum atomic E-state index is -3.59. The highest BCUT2D eigenvalue weighted by Crippen LogP contribution is 2.18. The Labute approximate surface area is 92.0 Å². The van der Waals surface area contributed by atoms with Crippen molar-refractivity contribution in [3.8, 4) is 0 Å². The Kier molecular flexibility index (Phi) is 3.96. The fourth-order valence-corrected chi connectivity index (χ4v) is 2.78. The van der Waals surface area contributed by atoms with Crippen LogP contribution in [0.4, 0.5) is 13.2 Å². The average molecular weight is 252 g/mol. The molecular weight excluding hydrogens is 241 g/mol. The Balaban J connectivity index is 3.11. The first-order valence-electron chi connectivity index (χ1n) is 4.70. The van der Waals surface area contributed by atoms with Crippen LogP contribution in [0.5, 0.6) is 0 Å². The van der Waals surface area contributed by atoms with Gasteiger partial charge < -0.3 is 0 Å². The van der Waals surface area contributed by atoms with E-state index in [-0.39, 0.29) is 5.75 Å². The van der Waals surface area contributed by atoms with Crippen LogP contribution in [-0.2, 0) is 15.6 Å². The molecule has 0 unspecified atom stereocenters. The van der Waals surface area contributed by atoms with Crippen LogP contribution in [-0.4, -0.2) is 14.2 Å². The standard InChI is InChI=1S/C10H11F3O2S/c1-2-5-16(14,15)6-7-8(11)3-4-9(12)10(7)13/h3-4H,2,5-6H2,1H3. The van der Waals surface area contributed by atoms with Gasteiger partial charge in [0, 0.05) is 5.56 Å². The first kappa shape index (κ1) is 13.0. The van der Waals surface area contributed by atoms with Crippen molar-refractivity contribution >= 4 is 9.84 Å². The van der Waals surface area contributed by atoms with Crippen LogP contribution in [0.3, 0.4) is 0 Å². The molecule has 0 aromatic heterocycles. The first-order chi connectivity index (χ1) is 7.37. The molecule has 1 rings (SSSR count). The van der Waals surface area contributed by atoms with Crippen molar-refractivity contribution in [1.82, 2.24) is 0 Å². The lowest BCUT2D eigenvalue weighted by atomic mass is 10.2. The van der Waals surface area contributed by atoms with Gasteiger partial charge in [-0.3, -0.25) is 0 Å². The normalized spacial score (nSPS) is 11.8. The minimum absolute atomic E-state index is 0.178. The fourth-order valence-electron chi connectivity index (χ4n) is 1.30. The van der Waals surface area contributed by atoms with Crippen LogP contribution in [0, 0.1) is 17.5 Å². The molecule has 6 heteroatoms. The topological polar surface area (TPSA) is 34.1 Å². The van der Waals surface area contributed by atoms with Crippen molar-refractivity contribution in [2.75, 3.05) is 5.75 Å². The minimum Gasteiger partial charge on any atom is -0.228 e. The van der Waals surface area contributed by atoms with Crippen molar-refractivity contribution in [1.29, 1.82) is 0 Å². The van der Waals surface area contributed by atoms with Crippen LogP contribution in [0.1, 0.15) is 18.9 Å². The second-order valence-electron chi connectivity index (χ2n) is 3.41. The molecule has 2 nitrogen and oxygen atoms in total. The van der Waals surface area contributed by atoms with Gasteiger partial charge in [0.15, 0.2) is 21.5 Å². The predicted octanol–water partition coefficient (Wildman–Crippen LogP) is 2.43. The van der Waals surface area contributed by atoms with E-state index < -0.39 is 38.6 Å². The average Bonchev–Trinajstić information content (AvgIpc) is 2.19. The quantitative estimate of drug-likeness (QED) is 0.771. The van der Waals surface area contributed by atoms with Crippen molar-refractivity contribution in [3.05, 3.63) is 35.1 Å². The van der Waals surface area contributed by atoms with Crippen LogP contribution >= 0.6 is 0 Å². The van der Waals surface area contributed by atoms with E-state index in [2.05, 4.69) is 0 Å². The fraction of sp³-hybridized carbons (Fsp3) is 0.400. The van der Waals surface area contributed by atoms with E-state index in [1.165, 1.54) is 0 Å². The number of benzene rings is 1. The molecular formula is C10H11F3O2S. The highest BCUT2D eigenvalue weighted by molar-refractivity contribution is 7.90. The summed E-state index contributed by atoms with van der Waals surface area (Å²) >= 11 is 0. The second kappa shape index (κ2) is 4.86. The monoisotopic (exact) mass is 252 g/mol. The summed E-state index contributed by atoms with van der Waals surface area (Å²) in [5.74, 6) is -4.71. The van der Waals surface area contributed by atoms with Crippen molar-refractivity contribution in [2.24, 2.45) is 0 Å². The van der Waals surface area contributed by atoms with Crippen LogP contribution in [0.15, 0.2) is 12.1 Å². The summed E-state index contributed by atoms with van der Waals surface area (Å²) in [6.45, 7) is 1.63. The van der Waals surface area contributed by atoms with Crippen LogP contribution in [0.25, 0.3) is 0 Å². The van der Waals surface area contributed by atoms with Gasteiger partial charge in [-0.15, -0.1) is 0 Å². The summed E-state index contributed by atoms with van der Waals surface area (Å²) in [6, 6.07) is 1.34. The molecule has 0 atom stereocenters. The molecule has 16 heavy (non-hydrogen) atoms. The first-order valence-corrected chi connectivity index (χ1v) is 6.52. The largest absolute Gasteiger partial charge is 0.228 e. The number of sulfone groups is 1. The molecule has 0 saturated heterocycles. The summed E-state index contributed by atoms with van der Waals surface area (Å²) in [6.07, 6.45) is 0.348. The molecule has 0 bridgehead atoms. The third kappa shape index (κ3) is 2.98. The Morgan fingerprint density at radius 2 is 1.69 bits per heavy atom. The molecule has 0 aliphatic carbocycles. The lowest BCUT2D eigenvalue weighted by molar-refractivity contribution is 0.483. The number of hydrogen-bond donors (Lipinski definition) is 0. The number of rotatable bonds is 4. The van der Waals surface area contributed by atoms with Gasteiger partial charge in [0.2, 0.25) is 0 Å². The maximum absolute atomic E-state index is 13.2. The molecule has 0 aliphatic rings. The third-order valence-corrected chi connectivity index (χ3v) is 3.78. The van der Waals surface area contributed by atoms with Gasteiger partial charge in [0.05, 0.1) is 11.5 Å². The van der Waals surface area contributed by atoms with Crippen molar-refractivity contribution in [3.63, 3.8) is 0 Å². The van der Waals surface area contributed by atoms with E-state index in [1.54, 1.807) is 6.92 Å². The van der Waals surface area contributed by atoms with Crippen molar-refractivity contribution < 1.29 is 21.6 Å². The van der Waals surface area contributed by atoms with Crippen molar-refractivity contribution in [2.45, 2.75) is 19.1 Å². The molecule has 0 aliphatic heterocycles. The number of hydrogen-bond acceptors (Lipinski definition) is 2. The number of halogens is 3. The molecule has 90 valence electrons. The van der Waals surface area contributed by atoms with Gasteiger partial charge in [-0.1, -0.05) is 6.92 Å². The van der Waals surface area contributed by atoms with Gasteiger partial charge in [-0.05, 0) is 18.6 Å². The van der Waals surface area contributed by atoms with E-state index >= 15 is 0 Å². The maximum atomic E-state index is 13.2. The maximum Gasteiger partial charge on any atom is 0.165 e. The zero-order valence-corrected chi connectivity index (χ0v) is 9.45. The van der Waals surface area contributed by atoms with E-state index in [0.29, 0.717) is 12.5 Å². The summed E-state index contributed by atoms with van der Waals surface area (Å²) < 4.78 is 61.8. The van der Waals surface area contributed by atoms with Gasteiger partial charge in [0.25, 0.3) is 0 Å². The Morgan fingerprint density at radius 3 is 2.25 bits per heavy atom. The summed E-state index contributed by atoms with van der Waals surface area (Å²) in [5, 5.41) is 0. The molecule has 0 spiro atoms. The lowest BCUT2D eigenvalue weighted by Gasteiger charge is -2.06. The van der Waals surface area contributed by atoms with E-state index in [1.807, 2.05) is 0 Å². The van der Waals surface area contributed by atoms with E-state index in [4.69, 9.17) is 0 Å². The van der Waals surface area contributed by atoms with Crippen LogP contribution in [0.2, 0.25) is 0 Å². The zero-order chi connectivity index (χ0) is 12.3. The van der Waals surface area contributed by atoms with Crippen LogP contribution < -0.4 is 0 Å². The third-order valence-electron chi connectivity index (χ3n) is 2.02. The Morgan fingerprint density at radius 1 is 1.12 bits per heavy atom. The van der Waals surface area contributed by atoms with Gasteiger partial charge in [0.1, 0.15) is 5.82 Å². The van der Waals surface area contributed by atoms with Gasteiger partial charge in [-0.25, -0.2) is 21.6 Å². The molecule has 0 radical (unpaired) electrons. The lowest BCUT2D eigenvalue weighted by Crippen LogP contribution is -2.12. The highest BCUT2D eigenvalue weighted by Gasteiger charge is 2.20. The summed E-state index contributed by atoms with van der Waals surface area (Å²) in [7, 11) is -3.59. The predicted molar refractivity (Wildman–Crippen MR) is 54.1 cm³/mol. The molecule has 0 N–H and O–H groups in total. The summed E-state index contributed by atoms with van der Waals surface area (Å²) in [4.78, 5) is 0. The van der Waals surface area contributed by atoms with Gasteiger partial charge in [-0.2, -0.15) is 0 Å². The molecule has 0 amide bonds. The molecule has 0 fully saturated rings. The van der Waals surface area contributed by atoms with E-state index in [0.717, 1.165) is 6.07 Å². The Bertz CT molecular complexity index is 483. The molecule has 0 saturated carbocycles. The summed E-state index contributed by atoms with van der Waals surface area (Å²) in [5.41, 5.74) is -0.728. The smallest absolute Gasteiger partial charge is 0.165 e. The SMILES string of the molecule is CCCS(=O)(=O)Cc1c(F)ccc(F)c1F. The molecule has 0 heterocycles. The Hall–Kier alpha value is -1.04. The molecule has 1 aromatic carbocycles. The highest BCUT2D eigenvalue weighted by atomic mass is 32.2. The van der Waals surface area contributed by atoms with E-state index in [9.17, 15) is 21.6 Å².